The summed E-state index contributed by atoms with van der Waals surface area (Å²) in [6.45, 7) is 5.88. The van der Waals surface area contributed by atoms with E-state index in [-0.39, 0.29) is 6.04 Å². The van der Waals surface area contributed by atoms with Crippen molar-refractivity contribution in [3.63, 3.8) is 0 Å². The van der Waals surface area contributed by atoms with Gasteiger partial charge in [-0.25, -0.2) is 13.1 Å². The van der Waals surface area contributed by atoms with Crippen LogP contribution in [0.2, 0.25) is 0 Å². The molecule has 1 unspecified atom stereocenters. The molecular formula is C12H22N2O3S2. The Hall–Kier alpha value is -0.470. The molecule has 0 aliphatic rings. The number of ether oxygens (including phenoxy) is 1. The summed E-state index contributed by atoms with van der Waals surface area (Å²) in [6.07, 6.45) is 0.697. The fraction of sp³-hybridized carbons (Fsp3) is 0.667. The molecule has 0 radical (unpaired) electrons. The first-order valence-electron chi connectivity index (χ1n) is 6.32. The quantitative estimate of drug-likeness (QED) is 0.726. The second-order valence-corrected chi connectivity index (χ2v) is 7.09. The molecule has 0 saturated heterocycles. The lowest BCUT2D eigenvalue weighted by Crippen LogP contribution is -2.37. The number of nitrogens with one attached hydrogen (secondary N) is 2. The van der Waals surface area contributed by atoms with Crippen molar-refractivity contribution < 1.29 is 13.2 Å². The van der Waals surface area contributed by atoms with Gasteiger partial charge in [-0.2, -0.15) is 0 Å². The van der Waals surface area contributed by atoms with Crippen LogP contribution >= 0.6 is 11.3 Å². The van der Waals surface area contributed by atoms with Crippen LogP contribution < -0.4 is 10.0 Å². The molecule has 110 valence electrons. The standard InChI is InChI=1S/C12H22N2O3S2/c1-4-11(8-17-3)14-19(15,16)12-6-10(9-18-12)7-13-5-2/h6,9,11,13-14H,4-5,7-8H2,1-3H3. The summed E-state index contributed by atoms with van der Waals surface area (Å²) in [4.78, 5) is 0. The van der Waals surface area contributed by atoms with E-state index in [0.717, 1.165) is 12.1 Å². The van der Waals surface area contributed by atoms with Gasteiger partial charge in [-0.1, -0.05) is 13.8 Å². The smallest absolute Gasteiger partial charge is 0.250 e. The van der Waals surface area contributed by atoms with Gasteiger partial charge in [0, 0.05) is 19.7 Å². The number of methoxy groups -OCH3 is 1. The maximum Gasteiger partial charge on any atom is 0.250 e. The number of hydrogen-bond acceptors (Lipinski definition) is 5. The molecule has 0 bridgehead atoms. The molecular weight excluding hydrogens is 284 g/mol. The zero-order valence-corrected chi connectivity index (χ0v) is 13.2. The van der Waals surface area contributed by atoms with Crippen LogP contribution in [0, 0.1) is 0 Å². The molecule has 0 amide bonds. The van der Waals surface area contributed by atoms with Crippen molar-refractivity contribution >= 4 is 21.4 Å². The van der Waals surface area contributed by atoms with Gasteiger partial charge >= 0.3 is 0 Å². The van der Waals surface area contributed by atoms with Gasteiger partial charge in [-0.05, 0) is 30.0 Å². The van der Waals surface area contributed by atoms with Crippen LogP contribution in [0.4, 0.5) is 0 Å². The molecule has 0 saturated carbocycles. The minimum atomic E-state index is -3.44. The van der Waals surface area contributed by atoms with Gasteiger partial charge in [0.1, 0.15) is 4.21 Å². The summed E-state index contributed by atoms with van der Waals surface area (Å²) in [7, 11) is -1.87. The highest BCUT2D eigenvalue weighted by Crippen LogP contribution is 2.20. The lowest BCUT2D eigenvalue weighted by atomic mass is 10.3. The van der Waals surface area contributed by atoms with E-state index in [4.69, 9.17) is 4.74 Å². The molecule has 1 aromatic heterocycles. The van der Waals surface area contributed by atoms with Crippen LogP contribution in [-0.4, -0.2) is 34.7 Å². The first-order chi connectivity index (χ1) is 9.03. The Morgan fingerprint density at radius 2 is 2.16 bits per heavy atom. The van der Waals surface area contributed by atoms with Crippen LogP contribution in [0.1, 0.15) is 25.8 Å². The lowest BCUT2D eigenvalue weighted by Gasteiger charge is -2.15. The maximum absolute atomic E-state index is 12.2. The van der Waals surface area contributed by atoms with Crippen LogP contribution in [-0.2, 0) is 21.3 Å². The molecule has 1 heterocycles. The van der Waals surface area contributed by atoms with Gasteiger partial charge < -0.3 is 10.1 Å². The SMILES string of the molecule is CCNCc1csc(S(=O)(=O)NC(CC)COC)c1. The second-order valence-electron chi connectivity index (χ2n) is 4.24. The van der Waals surface area contributed by atoms with E-state index in [0.29, 0.717) is 23.8 Å². The van der Waals surface area contributed by atoms with E-state index in [1.54, 1.807) is 13.2 Å². The van der Waals surface area contributed by atoms with E-state index in [1.165, 1.54) is 11.3 Å². The lowest BCUT2D eigenvalue weighted by molar-refractivity contribution is 0.173. The number of hydrogen-bond donors (Lipinski definition) is 2. The third-order valence-electron chi connectivity index (χ3n) is 2.66. The molecule has 0 aliphatic heterocycles. The van der Waals surface area contributed by atoms with Crippen molar-refractivity contribution in [3.8, 4) is 0 Å². The highest BCUT2D eigenvalue weighted by molar-refractivity contribution is 7.91. The average molecular weight is 306 g/mol. The van der Waals surface area contributed by atoms with E-state index < -0.39 is 10.0 Å². The maximum atomic E-state index is 12.2. The molecule has 19 heavy (non-hydrogen) atoms. The highest BCUT2D eigenvalue weighted by Gasteiger charge is 2.20. The Labute approximate surface area is 119 Å². The van der Waals surface area contributed by atoms with Crippen molar-refractivity contribution in [2.45, 2.75) is 37.1 Å². The molecule has 0 fully saturated rings. The molecule has 5 nitrogen and oxygen atoms in total. The van der Waals surface area contributed by atoms with Crippen molar-refractivity contribution in [2.75, 3.05) is 20.3 Å². The average Bonchev–Trinajstić information content (AvgIpc) is 2.85. The Kier molecular flexibility index (Phi) is 6.95. The van der Waals surface area contributed by atoms with Crippen LogP contribution in [0.3, 0.4) is 0 Å². The van der Waals surface area contributed by atoms with Crippen molar-refractivity contribution in [2.24, 2.45) is 0 Å². The van der Waals surface area contributed by atoms with E-state index in [2.05, 4.69) is 10.0 Å². The summed E-state index contributed by atoms with van der Waals surface area (Å²) < 4.78 is 32.4. The monoisotopic (exact) mass is 306 g/mol. The number of rotatable bonds is 9. The summed E-state index contributed by atoms with van der Waals surface area (Å²) in [5, 5.41) is 5.04. The fourth-order valence-corrected chi connectivity index (χ4v) is 4.10. The fourth-order valence-electron chi connectivity index (χ4n) is 1.57. The molecule has 2 N–H and O–H groups in total. The van der Waals surface area contributed by atoms with Gasteiger partial charge in [0.2, 0.25) is 10.0 Å². The summed E-state index contributed by atoms with van der Waals surface area (Å²) >= 11 is 1.25. The van der Waals surface area contributed by atoms with E-state index in [1.807, 2.05) is 19.2 Å². The minimum Gasteiger partial charge on any atom is -0.383 e. The molecule has 1 atom stereocenters. The molecule has 1 rings (SSSR count). The van der Waals surface area contributed by atoms with Crippen LogP contribution in [0.25, 0.3) is 0 Å². The molecule has 0 aromatic carbocycles. The van der Waals surface area contributed by atoms with Gasteiger partial charge in [0.25, 0.3) is 0 Å². The van der Waals surface area contributed by atoms with Crippen molar-refractivity contribution in [3.05, 3.63) is 17.0 Å². The first-order valence-corrected chi connectivity index (χ1v) is 8.69. The molecule has 1 aromatic rings. The van der Waals surface area contributed by atoms with Crippen molar-refractivity contribution in [1.29, 1.82) is 0 Å². The summed E-state index contributed by atoms with van der Waals surface area (Å²) in [6, 6.07) is 1.53. The van der Waals surface area contributed by atoms with Crippen LogP contribution in [0.15, 0.2) is 15.7 Å². The predicted octanol–water partition coefficient (Wildman–Crippen LogP) is 1.56. The van der Waals surface area contributed by atoms with Crippen LogP contribution in [0.5, 0.6) is 0 Å². The summed E-state index contributed by atoms with van der Waals surface area (Å²) in [5.74, 6) is 0. The predicted molar refractivity (Wildman–Crippen MR) is 78.0 cm³/mol. The number of sulfonamides is 1. The summed E-state index contributed by atoms with van der Waals surface area (Å²) in [5.41, 5.74) is 0.993. The normalized spacial score (nSPS) is 13.6. The Morgan fingerprint density at radius 3 is 2.74 bits per heavy atom. The minimum absolute atomic E-state index is 0.186. The van der Waals surface area contributed by atoms with E-state index >= 15 is 0 Å². The largest absolute Gasteiger partial charge is 0.383 e. The molecule has 0 spiro atoms. The third-order valence-corrected chi connectivity index (χ3v) is 5.67. The number of thiophene rings is 1. The van der Waals surface area contributed by atoms with Gasteiger partial charge in [-0.3, -0.25) is 0 Å². The van der Waals surface area contributed by atoms with Crippen molar-refractivity contribution in [1.82, 2.24) is 10.0 Å². The zero-order valence-electron chi connectivity index (χ0n) is 11.6. The first kappa shape index (κ1) is 16.6. The molecule has 7 heteroatoms. The Bertz CT molecular complexity index is 471. The Morgan fingerprint density at radius 1 is 1.42 bits per heavy atom. The second kappa shape index (κ2) is 7.96. The molecule has 0 aliphatic carbocycles. The van der Waals surface area contributed by atoms with Gasteiger partial charge in [0.05, 0.1) is 6.61 Å². The highest BCUT2D eigenvalue weighted by atomic mass is 32.2. The topological polar surface area (TPSA) is 67.4 Å². The van der Waals surface area contributed by atoms with Gasteiger partial charge in [-0.15, -0.1) is 11.3 Å². The zero-order chi connectivity index (χ0) is 14.3. The van der Waals surface area contributed by atoms with Gasteiger partial charge in [0.15, 0.2) is 0 Å². The van der Waals surface area contributed by atoms with E-state index in [9.17, 15) is 8.42 Å². The Balaban J connectivity index is 2.73. The third kappa shape index (κ3) is 5.19.